The maximum Gasteiger partial charge on any atom is 0.315 e. The van der Waals surface area contributed by atoms with Crippen molar-refractivity contribution < 1.29 is 23.8 Å². The van der Waals surface area contributed by atoms with Crippen LogP contribution in [0.3, 0.4) is 0 Å². The molecule has 1 aliphatic carbocycles. The van der Waals surface area contributed by atoms with Gasteiger partial charge in [-0.25, -0.2) is 0 Å². The van der Waals surface area contributed by atoms with E-state index in [4.69, 9.17) is 30.8 Å². The number of carbonyl (C=O) groups is 2. The highest BCUT2D eigenvalue weighted by Gasteiger charge is 2.45. The van der Waals surface area contributed by atoms with Crippen molar-refractivity contribution in [3.05, 3.63) is 69.9 Å². The second-order valence-corrected chi connectivity index (χ2v) is 8.95. The molecule has 7 heteroatoms. The summed E-state index contributed by atoms with van der Waals surface area (Å²) in [5, 5.41) is 0.656. The van der Waals surface area contributed by atoms with Crippen molar-refractivity contribution in [1.82, 2.24) is 0 Å². The number of Topliss-reactive ketones (excluding diaryl/α,β-unsaturated/α-hetero) is 1. The van der Waals surface area contributed by atoms with Crippen molar-refractivity contribution >= 4 is 29.1 Å². The van der Waals surface area contributed by atoms with Gasteiger partial charge in [-0.2, -0.15) is 0 Å². The van der Waals surface area contributed by atoms with Gasteiger partial charge in [-0.15, -0.1) is 0 Å². The first-order chi connectivity index (χ1) is 16.4. The molecule has 3 atom stereocenters. The van der Waals surface area contributed by atoms with Crippen LogP contribution in [0.2, 0.25) is 5.02 Å². The first kappa shape index (κ1) is 24.0. The highest BCUT2D eigenvalue weighted by molar-refractivity contribution is 6.30. The molecule has 0 spiro atoms. The fraction of sp³-hybridized carbons (Fsp3) is 0.370. The van der Waals surface area contributed by atoms with Crippen molar-refractivity contribution in [3.63, 3.8) is 0 Å². The largest absolute Gasteiger partial charge is 0.493 e. The second-order valence-electron chi connectivity index (χ2n) is 8.52. The van der Waals surface area contributed by atoms with E-state index in [1.165, 1.54) is 0 Å². The fourth-order valence-electron chi connectivity index (χ4n) is 4.97. The number of carbonyl (C=O) groups excluding carboxylic acids is 2. The SMILES string of the molecule is CCOC(=O)C1C(C)=NC2=C(C(=O)C[C@@H](c3ccc(Cl)cc3)C2)[C@@H]1c1ccc(OC)c(OC)c1. The van der Waals surface area contributed by atoms with E-state index in [1.54, 1.807) is 27.2 Å². The van der Waals surface area contributed by atoms with Crippen LogP contribution in [0.1, 0.15) is 49.7 Å². The third-order valence-electron chi connectivity index (χ3n) is 6.54. The molecule has 1 heterocycles. The monoisotopic (exact) mass is 481 g/mol. The molecule has 1 unspecified atom stereocenters. The van der Waals surface area contributed by atoms with Crippen LogP contribution in [0.15, 0.2) is 58.7 Å². The molecule has 2 aliphatic rings. The Morgan fingerprint density at radius 1 is 1.03 bits per heavy atom. The van der Waals surface area contributed by atoms with Gasteiger partial charge in [0.1, 0.15) is 5.92 Å². The summed E-state index contributed by atoms with van der Waals surface area (Å²) < 4.78 is 16.3. The Hall–Kier alpha value is -3.12. The summed E-state index contributed by atoms with van der Waals surface area (Å²) in [6, 6.07) is 13.1. The van der Waals surface area contributed by atoms with Crippen LogP contribution in [0, 0.1) is 5.92 Å². The molecule has 0 amide bonds. The van der Waals surface area contributed by atoms with Gasteiger partial charge < -0.3 is 14.2 Å². The number of ketones is 1. The van der Waals surface area contributed by atoms with Crippen LogP contribution in [0.4, 0.5) is 0 Å². The van der Waals surface area contributed by atoms with Crippen molar-refractivity contribution in [2.75, 3.05) is 20.8 Å². The molecule has 0 radical (unpaired) electrons. The van der Waals surface area contributed by atoms with Crippen LogP contribution in [0.25, 0.3) is 0 Å². The average molecular weight is 482 g/mol. The molecule has 2 aromatic rings. The van der Waals surface area contributed by atoms with Crippen molar-refractivity contribution in [2.24, 2.45) is 10.9 Å². The van der Waals surface area contributed by atoms with E-state index in [2.05, 4.69) is 0 Å². The molecule has 2 aromatic carbocycles. The number of benzene rings is 2. The summed E-state index contributed by atoms with van der Waals surface area (Å²) in [4.78, 5) is 31.5. The molecule has 0 fully saturated rings. The Labute approximate surface area is 204 Å². The maximum absolute atomic E-state index is 13.6. The van der Waals surface area contributed by atoms with Gasteiger partial charge in [-0.1, -0.05) is 29.8 Å². The van der Waals surface area contributed by atoms with Crippen LogP contribution >= 0.6 is 11.6 Å². The first-order valence-corrected chi connectivity index (χ1v) is 11.7. The Morgan fingerprint density at radius 3 is 2.35 bits per heavy atom. The molecule has 0 N–H and O–H groups in total. The predicted octanol–water partition coefficient (Wildman–Crippen LogP) is 5.50. The topological polar surface area (TPSA) is 74.2 Å². The van der Waals surface area contributed by atoms with Crippen molar-refractivity contribution in [3.8, 4) is 11.5 Å². The highest BCUT2D eigenvalue weighted by atomic mass is 35.5. The zero-order chi connectivity index (χ0) is 24.4. The molecule has 0 saturated heterocycles. The third kappa shape index (κ3) is 4.47. The van der Waals surface area contributed by atoms with E-state index in [1.807, 2.05) is 43.3 Å². The summed E-state index contributed by atoms with van der Waals surface area (Å²) in [5.74, 6) is -0.475. The van der Waals surface area contributed by atoms with Gasteiger partial charge >= 0.3 is 5.97 Å². The number of aliphatic imine (C=N–C) groups is 1. The van der Waals surface area contributed by atoms with Gasteiger partial charge in [-0.3, -0.25) is 14.6 Å². The molecule has 4 rings (SSSR count). The molecular weight excluding hydrogens is 454 g/mol. The van der Waals surface area contributed by atoms with Crippen LogP contribution in [0.5, 0.6) is 11.5 Å². The molecule has 0 bridgehead atoms. The quantitative estimate of drug-likeness (QED) is 0.509. The van der Waals surface area contributed by atoms with E-state index in [0.29, 0.717) is 40.6 Å². The van der Waals surface area contributed by atoms with E-state index in [9.17, 15) is 9.59 Å². The standard InChI is InChI=1S/C27H28ClNO5/c1-5-34-27(31)24-15(2)29-20-12-18(16-6-9-19(28)10-7-16)13-21(30)26(20)25(24)17-8-11-22(32-3)23(14-17)33-4/h6-11,14,18,24-25H,5,12-13H2,1-4H3/t18-,24?,25+/m0/s1. The number of hydrogen-bond donors (Lipinski definition) is 0. The lowest BCUT2D eigenvalue weighted by atomic mass is 9.69. The second kappa shape index (κ2) is 10.0. The zero-order valence-corrected chi connectivity index (χ0v) is 20.5. The van der Waals surface area contributed by atoms with Crippen LogP contribution in [-0.4, -0.2) is 38.3 Å². The molecular formula is C27H28ClNO5. The van der Waals surface area contributed by atoms with Crippen molar-refractivity contribution in [1.29, 1.82) is 0 Å². The zero-order valence-electron chi connectivity index (χ0n) is 19.8. The Morgan fingerprint density at radius 2 is 1.71 bits per heavy atom. The van der Waals surface area contributed by atoms with Gasteiger partial charge in [0.15, 0.2) is 17.3 Å². The number of allylic oxidation sites excluding steroid dienone is 2. The first-order valence-electron chi connectivity index (χ1n) is 11.3. The minimum atomic E-state index is -0.687. The molecule has 0 aromatic heterocycles. The molecule has 178 valence electrons. The number of esters is 1. The minimum absolute atomic E-state index is 0.00487. The summed E-state index contributed by atoms with van der Waals surface area (Å²) in [5.41, 5.74) is 3.79. The molecule has 0 saturated carbocycles. The molecule has 34 heavy (non-hydrogen) atoms. The smallest absolute Gasteiger partial charge is 0.315 e. The normalized spacial score (nSPS) is 22.1. The van der Waals surface area contributed by atoms with Crippen LogP contribution < -0.4 is 9.47 Å². The lowest BCUT2D eigenvalue weighted by Gasteiger charge is -2.36. The van der Waals surface area contributed by atoms with E-state index in [0.717, 1.165) is 16.8 Å². The average Bonchev–Trinajstić information content (AvgIpc) is 2.83. The van der Waals surface area contributed by atoms with Crippen LogP contribution in [-0.2, 0) is 14.3 Å². The number of hydrogen-bond acceptors (Lipinski definition) is 6. The summed E-state index contributed by atoms with van der Waals surface area (Å²) in [6.07, 6.45) is 0.952. The highest BCUT2D eigenvalue weighted by Crippen LogP contribution is 2.48. The van der Waals surface area contributed by atoms with Gasteiger partial charge in [-0.05, 0) is 61.6 Å². The van der Waals surface area contributed by atoms with Gasteiger partial charge in [0.25, 0.3) is 0 Å². The number of halogens is 1. The minimum Gasteiger partial charge on any atom is -0.493 e. The number of rotatable bonds is 6. The number of nitrogens with zero attached hydrogens (tertiary/aromatic N) is 1. The van der Waals surface area contributed by atoms with E-state index in [-0.39, 0.29) is 24.3 Å². The Balaban J connectivity index is 1.82. The van der Waals surface area contributed by atoms with Gasteiger partial charge in [0, 0.05) is 34.3 Å². The molecule has 6 nitrogen and oxygen atoms in total. The van der Waals surface area contributed by atoms with Crippen molar-refractivity contribution in [2.45, 2.75) is 38.5 Å². The third-order valence-corrected chi connectivity index (χ3v) is 6.79. The number of ether oxygens (including phenoxy) is 3. The van der Waals surface area contributed by atoms with E-state index < -0.39 is 11.8 Å². The Kier molecular flexibility index (Phi) is 7.08. The summed E-state index contributed by atoms with van der Waals surface area (Å²) in [7, 11) is 3.13. The summed E-state index contributed by atoms with van der Waals surface area (Å²) >= 11 is 6.05. The predicted molar refractivity (Wildman–Crippen MR) is 131 cm³/mol. The Bertz CT molecular complexity index is 1170. The molecule has 1 aliphatic heterocycles. The van der Waals surface area contributed by atoms with Gasteiger partial charge in [0.2, 0.25) is 0 Å². The van der Waals surface area contributed by atoms with E-state index >= 15 is 0 Å². The lowest BCUT2D eigenvalue weighted by Crippen LogP contribution is -2.38. The fourth-order valence-corrected chi connectivity index (χ4v) is 5.10. The maximum atomic E-state index is 13.6. The lowest BCUT2D eigenvalue weighted by molar-refractivity contribution is -0.146. The van der Waals surface area contributed by atoms with Gasteiger partial charge in [0.05, 0.1) is 20.8 Å². The summed E-state index contributed by atoms with van der Waals surface area (Å²) in [6.45, 7) is 3.85. The number of methoxy groups -OCH3 is 2.